The molecule has 1 amide bonds. The second-order valence-electron chi connectivity index (χ2n) is 5.21. The van der Waals surface area contributed by atoms with Gasteiger partial charge in [-0.2, -0.15) is 0 Å². The fourth-order valence-electron chi connectivity index (χ4n) is 2.61. The van der Waals surface area contributed by atoms with Crippen LogP contribution in [0.5, 0.6) is 5.75 Å². The van der Waals surface area contributed by atoms with E-state index in [1.165, 1.54) is 29.8 Å². The normalized spacial score (nSPS) is 16.7. The monoisotopic (exact) mass is 285 g/mol. The molecule has 1 unspecified atom stereocenters. The van der Waals surface area contributed by atoms with Gasteiger partial charge in [0.05, 0.1) is 0 Å². The highest BCUT2D eigenvalue weighted by atomic mass is 19.1. The predicted octanol–water partition coefficient (Wildman–Crippen LogP) is 3.35. The van der Waals surface area contributed by atoms with Crippen molar-refractivity contribution >= 4 is 11.6 Å². The van der Waals surface area contributed by atoms with Crippen LogP contribution in [0.3, 0.4) is 0 Å². The van der Waals surface area contributed by atoms with E-state index in [9.17, 15) is 9.18 Å². The van der Waals surface area contributed by atoms with Crippen LogP contribution in [-0.4, -0.2) is 19.1 Å². The third-order valence-electron chi connectivity index (χ3n) is 3.69. The molecule has 0 aliphatic carbocycles. The zero-order chi connectivity index (χ0) is 14.8. The van der Waals surface area contributed by atoms with Crippen LogP contribution in [-0.2, 0) is 4.79 Å². The van der Waals surface area contributed by atoms with Gasteiger partial charge in [0.15, 0.2) is 6.61 Å². The van der Waals surface area contributed by atoms with Gasteiger partial charge >= 0.3 is 0 Å². The van der Waals surface area contributed by atoms with Crippen molar-refractivity contribution in [3.05, 3.63) is 59.9 Å². The average molecular weight is 285 g/mol. The van der Waals surface area contributed by atoms with Crippen LogP contribution in [0.1, 0.15) is 18.4 Å². The molecule has 21 heavy (non-hydrogen) atoms. The van der Waals surface area contributed by atoms with Gasteiger partial charge in [-0.3, -0.25) is 4.79 Å². The van der Waals surface area contributed by atoms with Gasteiger partial charge in [0.2, 0.25) is 0 Å². The molecular formula is C17H16FNO2. The Hall–Kier alpha value is -2.36. The number of carbonyl (C=O) groups excluding carboxylic acids is 1. The van der Waals surface area contributed by atoms with E-state index in [4.69, 9.17) is 4.74 Å². The summed E-state index contributed by atoms with van der Waals surface area (Å²) in [4.78, 5) is 14.1. The fraction of sp³-hybridized carbons (Fsp3) is 0.235. The third kappa shape index (κ3) is 2.75. The van der Waals surface area contributed by atoms with Gasteiger partial charge in [0, 0.05) is 18.2 Å². The number of para-hydroxylation sites is 1. The van der Waals surface area contributed by atoms with Gasteiger partial charge in [-0.05, 0) is 35.9 Å². The maximum atomic E-state index is 12.8. The van der Waals surface area contributed by atoms with Crippen molar-refractivity contribution in [2.45, 2.75) is 12.8 Å². The number of anilines is 1. The van der Waals surface area contributed by atoms with Crippen molar-refractivity contribution in [1.29, 1.82) is 0 Å². The van der Waals surface area contributed by atoms with Crippen molar-refractivity contribution in [1.82, 2.24) is 0 Å². The molecule has 0 spiro atoms. The number of ether oxygens (including phenoxy) is 1. The average Bonchev–Trinajstić information content (AvgIpc) is 2.84. The van der Waals surface area contributed by atoms with Crippen molar-refractivity contribution in [3.63, 3.8) is 0 Å². The lowest BCUT2D eigenvalue weighted by Gasteiger charge is -2.17. The van der Waals surface area contributed by atoms with E-state index < -0.39 is 0 Å². The first kappa shape index (κ1) is 13.6. The van der Waals surface area contributed by atoms with Crippen LogP contribution in [0.25, 0.3) is 0 Å². The zero-order valence-electron chi connectivity index (χ0n) is 11.8. The summed E-state index contributed by atoms with van der Waals surface area (Å²) in [5.41, 5.74) is 2.14. The minimum atomic E-state index is -0.323. The number of hydrogen-bond donors (Lipinski definition) is 0. The Morgan fingerprint density at radius 3 is 2.71 bits per heavy atom. The highest BCUT2D eigenvalue weighted by molar-refractivity contribution is 5.96. The maximum Gasteiger partial charge on any atom is 0.264 e. The molecular weight excluding hydrogens is 269 g/mol. The number of benzene rings is 2. The lowest BCUT2D eigenvalue weighted by atomic mass is 10.0. The molecule has 4 heteroatoms. The Balaban J connectivity index is 1.68. The quantitative estimate of drug-likeness (QED) is 0.865. The summed E-state index contributed by atoms with van der Waals surface area (Å²) in [5, 5.41) is 0. The van der Waals surface area contributed by atoms with E-state index in [2.05, 4.69) is 6.92 Å². The van der Waals surface area contributed by atoms with E-state index in [1.807, 2.05) is 24.3 Å². The lowest BCUT2D eigenvalue weighted by molar-refractivity contribution is -0.120. The molecule has 0 N–H and O–H groups in total. The molecule has 1 heterocycles. The van der Waals surface area contributed by atoms with Crippen LogP contribution < -0.4 is 9.64 Å². The molecule has 0 fully saturated rings. The standard InChI is InChI=1S/C17H16FNO2/c1-12-10-19(16-5-3-2-4-15(12)16)17(20)11-21-14-8-6-13(18)7-9-14/h2-9,12H,10-11H2,1H3. The van der Waals surface area contributed by atoms with Gasteiger partial charge in [0.1, 0.15) is 11.6 Å². The second-order valence-corrected chi connectivity index (χ2v) is 5.21. The molecule has 3 nitrogen and oxygen atoms in total. The lowest BCUT2D eigenvalue weighted by Crippen LogP contribution is -2.33. The molecule has 1 aliphatic heterocycles. The van der Waals surface area contributed by atoms with Crippen LogP contribution in [0.15, 0.2) is 48.5 Å². The maximum absolute atomic E-state index is 12.8. The molecule has 2 aromatic rings. The molecule has 1 atom stereocenters. The van der Waals surface area contributed by atoms with E-state index in [0.717, 1.165) is 5.69 Å². The molecule has 0 saturated heterocycles. The SMILES string of the molecule is CC1CN(C(=O)COc2ccc(F)cc2)c2ccccc21. The summed E-state index contributed by atoms with van der Waals surface area (Å²) >= 11 is 0. The van der Waals surface area contributed by atoms with Gasteiger partial charge in [-0.15, -0.1) is 0 Å². The highest BCUT2D eigenvalue weighted by Crippen LogP contribution is 2.35. The first-order valence-electron chi connectivity index (χ1n) is 6.93. The summed E-state index contributed by atoms with van der Waals surface area (Å²) in [6, 6.07) is 13.6. The Bertz CT molecular complexity index is 654. The number of fused-ring (bicyclic) bond motifs is 1. The Labute approximate surface area is 123 Å². The Morgan fingerprint density at radius 2 is 1.95 bits per heavy atom. The topological polar surface area (TPSA) is 29.5 Å². The molecule has 0 aromatic heterocycles. The first-order valence-corrected chi connectivity index (χ1v) is 6.93. The predicted molar refractivity (Wildman–Crippen MR) is 79.1 cm³/mol. The van der Waals surface area contributed by atoms with Crippen molar-refractivity contribution < 1.29 is 13.9 Å². The minimum absolute atomic E-state index is 0.0489. The highest BCUT2D eigenvalue weighted by Gasteiger charge is 2.29. The summed E-state index contributed by atoms with van der Waals surface area (Å²) in [6.07, 6.45) is 0. The van der Waals surface area contributed by atoms with Gasteiger partial charge in [-0.25, -0.2) is 4.39 Å². The van der Waals surface area contributed by atoms with Crippen LogP contribution in [0.2, 0.25) is 0 Å². The third-order valence-corrected chi connectivity index (χ3v) is 3.69. The number of hydrogen-bond acceptors (Lipinski definition) is 2. The fourth-order valence-corrected chi connectivity index (χ4v) is 2.61. The molecule has 0 radical (unpaired) electrons. The molecule has 108 valence electrons. The Kier molecular flexibility index (Phi) is 3.60. The number of rotatable bonds is 3. The number of nitrogens with zero attached hydrogens (tertiary/aromatic N) is 1. The van der Waals surface area contributed by atoms with Crippen molar-refractivity contribution in [3.8, 4) is 5.75 Å². The van der Waals surface area contributed by atoms with Gasteiger partial charge < -0.3 is 9.64 Å². The molecule has 3 rings (SSSR count). The number of carbonyl (C=O) groups is 1. The van der Waals surface area contributed by atoms with Crippen LogP contribution in [0.4, 0.5) is 10.1 Å². The van der Waals surface area contributed by atoms with E-state index in [1.54, 1.807) is 4.90 Å². The molecule has 2 aromatic carbocycles. The van der Waals surface area contributed by atoms with Gasteiger partial charge in [0.25, 0.3) is 5.91 Å². The van der Waals surface area contributed by atoms with E-state index >= 15 is 0 Å². The van der Waals surface area contributed by atoms with Crippen molar-refractivity contribution in [2.75, 3.05) is 18.1 Å². The smallest absolute Gasteiger partial charge is 0.264 e. The summed E-state index contributed by atoms with van der Waals surface area (Å²) in [7, 11) is 0. The number of amides is 1. The van der Waals surface area contributed by atoms with Crippen LogP contribution >= 0.6 is 0 Å². The Morgan fingerprint density at radius 1 is 1.24 bits per heavy atom. The molecule has 0 saturated carbocycles. The zero-order valence-corrected chi connectivity index (χ0v) is 11.8. The van der Waals surface area contributed by atoms with E-state index in [0.29, 0.717) is 18.2 Å². The van der Waals surface area contributed by atoms with Crippen LogP contribution in [0, 0.1) is 5.82 Å². The second kappa shape index (κ2) is 5.56. The number of halogens is 1. The largest absolute Gasteiger partial charge is 0.484 e. The van der Waals surface area contributed by atoms with Crippen molar-refractivity contribution in [2.24, 2.45) is 0 Å². The summed E-state index contributed by atoms with van der Waals surface area (Å²) < 4.78 is 18.2. The summed E-state index contributed by atoms with van der Waals surface area (Å²) in [6.45, 7) is 2.73. The first-order chi connectivity index (χ1) is 10.1. The molecule has 1 aliphatic rings. The van der Waals surface area contributed by atoms with E-state index in [-0.39, 0.29) is 18.3 Å². The van der Waals surface area contributed by atoms with Gasteiger partial charge in [-0.1, -0.05) is 25.1 Å². The molecule has 0 bridgehead atoms. The minimum Gasteiger partial charge on any atom is -0.484 e. The summed E-state index contributed by atoms with van der Waals surface area (Å²) in [5.74, 6) is 0.411.